The molecular formula is C16H33NO3S. The highest BCUT2D eigenvalue weighted by molar-refractivity contribution is 7.92. The van der Waals surface area contributed by atoms with Crippen molar-refractivity contribution in [2.75, 3.05) is 0 Å². The quantitative estimate of drug-likeness (QED) is 0.721. The number of nitrogens with two attached hydrogens (primary N) is 1. The van der Waals surface area contributed by atoms with E-state index in [-0.39, 0.29) is 5.92 Å². The molecule has 3 atom stereocenters. The highest BCUT2D eigenvalue weighted by Gasteiger charge is 2.31. The minimum atomic E-state index is -3.29. The number of aliphatic hydroxyl groups excluding tert-OH is 1. The molecule has 0 amide bonds. The van der Waals surface area contributed by atoms with Gasteiger partial charge in [0.2, 0.25) is 0 Å². The first-order valence-corrected chi connectivity index (χ1v) is 10.0. The molecule has 0 saturated heterocycles. The number of rotatable bonds is 8. The molecule has 0 heterocycles. The van der Waals surface area contributed by atoms with Crippen LogP contribution in [-0.4, -0.2) is 30.3 Å². The van der Waals surface area contributed by atoms with Gasteiger partial charge in [-0.05, 0) is 44.9 Å². The van der Waals surface area contributed by atoms with Gasteiger partial charge in [-0.3, -0.25) is 0 Å². The minimum Gasteiger partial charge on any atom is -0.393 e. The zero-order chi connectivity index (χ0) is 16.0. The van der Waals surface area contributed by atoms with Crippen molar-refractivity contribution in [1.29, 1.82) is 0 Å². The van der Waals surface area contributed by atoms with Crippen LogP contribution in [-0.2, 0) is 9.84 Å². The summed E-state index contributed by atoms with van der Waals surface area (Å²) in [5, 5.41) is 8.82. The monoisotopic (exact) mass is 319 g/mol. The van der Waals surface area contributed by atoms with Crippen LogP contribution in [0.2, 0.25) is 0 Å². The standard InChI is InChI=1S/C16H33NO3S/c1-12(2)21(19,20)16(17)13(3)11-15(18)10-9-14-7-5-4-6-8-14/h12-16,18H,4-11,17H2,1-3H3. The Morgan fingerprint density at radius 2 is 1.71 bits per heavy atom. The van der Waals surface area contributed by atoms with E-state index in [1.54, 1.807) is 13.8 Å². The Bertz CT molecular complexity index is 388. The first-order valence-electron chi connectivity index (χ1n) is 8.41. The van der Waals surface area contributed by atoms with Crippen molar-refractivity contribution < 1.29 is 13.5 Å². The molecule has 126 valence electrons. The van der Waals surface area contributed by atoms with E-state index in [0.29, 0.717) is 6.42 Å². The average Bonchev–Trinajstić information content (AvgIpc) is 2.45. The fourth-order valence-electron chi connectivity index (χ4n) is 3.22. The summed E-state index contributed by atoms with van der Waals surface area (Å²) in [7, 11) is -3.29. The van der Waals surface area contributed by atoms with Crippen molar-refractivity contribution in [3.63, 3.8) is 0 Å². The maximum Gasteiger partial charge on any atom is 0.168 e. The Morgan fingerprint density at radius 1 is 1.14 bits per heavy atom. The number of hydrogen-bond acceptors (Lipinski definition) is 4. The van der Waals surface area contributed by atoms with Crippen LogP contribution in [0.25, 0.3) is 0 Å². The van der Waals surface area contributed by atoms with Crippen LogP contribution in [0.5, 0.6) is 0 Å². The molecule has 0 aliphatic heterocycles. The molecule has 21 heavy (non-hydrogen) atoms. The minimum absolute atomic E-state index is 0.209. The lowest BCUT2D eigenvalue weighted by Gasteiger charge is -2.26. The first-order chi connectivity index (χ1) is 9.75. The van der Waals surface area contributed by atoms with Gasteiger partial charge in [0, 0.05) is 0 Å². The Morgan fingerprint density at radius 3 is 2.24 bits per heavy atom. The Labute approximate surface area is 130 Å². The highest BCUT2D eigenvalue weighted by atomic mass is 32.2. The van der Waals surface area contributed by atoms with Gasteiger partial charge in [0.1, 0.15) is 5.37 Å². The van der Waals surface area contributed by atoms with Crippen LogP contribution >= 0.6 is 0 Å². The highest BCUT2D eigenvalue weighted by Crippen LogP contribution is 2.28. The molecule has 1 aliphatic carbocycles. The predicted molar refractivity (Wildman–Crippen MR) is 87.6 cm³/mol. The van der Waals surface area contributed by atoms with Gasteiger partial charge in [0.05, 0.1) is 11.4 Å². The normalized spacial score (nSPS) is 22.2. The van der Waals surface area contributed by atoms with Gasteiger partial charge < -0.3 is 10.8 Å². The summed E-state index contributed by atoms with van der Waals surface area (Å²) in [6, 6.07) is 0. The van der Waals surface area contributed by atoms with Crippen LogP contribution in [0.15, 0.2) is 0 Å². The van der Waals surface area contributed by atoms with Gasteiger partial charge in [-0.2, -0.15) is 0 Å². The van der Waals surface area contributed by atoms with E-state index >= 15 is 0 Å². The zero-order valence-corrected chi connectivity index (χ0v) is 14.6. The zero-order valence-electron chi connectivity index (χ0n) is 13.8. The van der Waals surface area contributed by atoms with Gasteiger partial charge in [-0.15, -0.1) is 0 Å². The second-order valence-electron chi connectivity index (χ2n) is 7.05. The fraction of sp³-hybridized carbons (Fsp3) is 1.00. The SMILES string of the molecule is CC(CC(O)CCC1CCCCC1)C(N)S(=O)(=O)C(C)C. The topological polar surface area (TPSA) is 80.4 Å². The van der Waals surface area contributed by atoms with Crippen molar-refractivity contribution in [2.45, 2.75) is 88.9 Å². The van der Waals surface area contributed by atoms with Gasteiger partial charge in [0.15, 0.2) is 9.84 Å². The number of aliphatic hydroxyl groups is 1. The van der Waals surface area contributed by atoms with Crippen LogP contribution < -0.4 is 5.73 Å². The van der Waals surface area contributed by atoms with Crippen LogP contribution in [0.1, 0.15) is 72.1 Å². The molecule has 1 saturated carbocycles. The molecule has 1 aliphatic rings. The molecule has 0 aromatic carbocycles. The van der Waals surface area contributed by atoms with Crippen LogP contribution in [0.3, 0.4) is 0 Å². The van der Waals surface area contributed by atoms with E-state index in [0.717, 1.165) is 18.8 Å². The summed E-state index contributed by atoms with van der Waals surface area (Å²) < 4.78 is 24.1. The molecule has 1 fully saturated rings. The van der Waals surface area contributed by atoms with Crippen LogP contribution in [0.4, 0.5) is 0 Å². The molecular weight excluding hydrogens is 286 g/mol. The van der Waals surface area contributed by atoms with Crippen molar-refractivity contribution in [1.82, 2.24) is 0 Å². The van der Waals surface area contributed by atoms with E-state index in [9.17, 15) is 13.5 Å². The summed E-state index contributed by atoms with van der Waals surface area (Å²) in [5.74, 6) is 0.538. The summed E-state index contributed by atoms with van der Waals surface area (Å²) in [6.07, 6.45) is 8.40. The molecule has 3 N–H and O–H groups in total. The van der Waals surface area contributed by atoms with Crippen LogP contribution in [0, 0.1) is 11.8 Å². The third-order valence-electron chi connectivity index (χ3n) is 4.87. The summed E-state index contributed by atoms with van der Waals surface area (Å²) in [6.45, 7) is 5.14. The fourth-order valence-corrected chi connectivity index (χ4v) is 4.61. The van der Waals surface area contributed by atoms with Crippen molar-refractivity contribution in [3.05, 3.63) is 0 Å². The molecule has 0 bridgehead atoms. The van der Waals surface area contributed by atoms with Gasteiger partial charge in [0.25, 0.3) is 0 Å². The second-order valence-corrected chi connectivity index (χ2v) is 9.72. The Balaban J connectivity index is 2.37. The third-order valence-corrected chi connectivity index (χ3v) is 7.41. The Hall–Kier alpha value is -0.130. The predicted octanol–water partition coefficient (Wildman–Crippen LogP) is 2.84. The maximum atomic E-state index is 12.1. The molecule has 0 aromatic heterocycles. The molecule has 5 heteroatoms. The lowest BCUT2D eigenvalue weighted by Crippen LogP contribution is -2.42. The molecule has 1 rings (SSSR count). The largest absolute Gasteiger partial charge is 0.393 e. The summed E-state index contributed by atoms with van der Waals surface area (Å²) >= 11 is 0. The van der Waals surface area contributed by atoms with E-state index in [2.05, 4.69) is 0 Å². The smallest absolute Gasteiger partial charge is 0.168 e. The van der Waals surface area contributed by atoms with Crippen molar-refractivity contribution in [2.24, 2.45) is 17.6 Å². The van der Waals surface area contributed by atoms with Gasteiger partial charge in [-0.25, -0.2) is 8.42 Å². The summed E-state index contributed by atoms with van der Waals surface area (Å²) in [4.78, 5) is 0. The van der Waals surface area contributed by atoms with Crippen molar-refractivity contribution in [3.8, 4) is 0 Å². The van der Waals surface area contributed by atoms with Crippen molar-refractivity contribution >= 4 is 9.84 Å². The molecule has 0 radical (unpaired) electrons. The van der Waals surface area contributed by atoms with Gasteiger partial charge in [-0.1, -0.05) is 39.0 Å². The number of hydrogen-bond donors (Lipinski definition) is 2. The van der Waals surface area contributed by atoms with Gasteiger partial charge >= 0.3 is 0 Å². The molecule has 3 unspecified atom stereocenters. The van der Waals surface area contributed by atoms with E-state index in [1.807, 2.05) is 6.92 Å². The average molecular weight is 320 g/mol. The lowest BCUT2D eigenvalue weighted by molar-refractivity contribution is 0.123. The van der Waals surface area contributed by atoms with E-state index in [1.165, 1.54) is 32.1 Å². The molecule has 0 aromatic rings. The summed E-state index contributed by atoms with van der Waals surface area (Å²) in [5.41, 5.74) is 5.88. The maximum absolute atomic E-state index is 12.1. The second kappa shape index (κ2) is 8.49. The first kappa shape index (κ1) is 18.9. The molecule has 0 spiro atoms. The molecule has 4 nitrogen and oxygen atoms in total. The van der Waals surface area contributed by atoms with E-state index in [4.69, 9.17) is 5.73 Å². The number of sulfone groups is 1. The lowest BCUT2D eigenvalue weighted by atomic mass is 9.85. The third kappa shape index (κ3) is 5.87. The van der Waals surface area contributed by atoms with E-state index < -0.39 is 26.6 Å². The Kier molecular flexibility index (Phi) is 7.65.